The molecule has 3 aromatic rings. The van der Waals surface area contributed by atoms with Crippen molar-refractivity contribution in [2.75, 3.05) is 11.1 Å². The first-order valence-corrected chi connectivity index (χ1v) is 7.03. The lowest BCUT2D eigenvalue weighted by Gasteiger charge is -2.02. The van der Waals surface area contributed by atoms with Crippen LogP contribution in [0.1, 0.15) is 0 Å². The number of nitrogens with one attached hydrogen (secondary N) is 1. The zero-order valence-electron chi connectivity index (χ0n) is 10.8. The van der Waals surface area contributed by atoms with Crippen LogP contribution in [0.3, 0.4) is 0 Å². The number of nitrogen functional groups attached to an aromatic ring is 1. The Labute approximate surface area is 124 Å². The summed E-state index contributed by atoms with van der Waals surface area (Å²) >= 11 is 1.38. The molecule has 0 aliphatic carbocycles. The second kappa shape index (κ2) is 5.49. The number of rotatable bonds is 3. The van der Waals surface area contributed by atoms with Crippen molar-refractivity contribution in [2.24, 2.45) is 0 Å². The molecule has 3 nitrogen and oxygen atoms in total. The fourth-order valence-corrected chi connectivity index (χ4v) is 2.55. The van der Waals surface area contributed by atoms with Gasteiger partial charge in [0, 0.05) is 28.4 Å². The van der Waals surface area contributed by atoms with Crippen LogP contribution in [0.4, 0.5) is 25.3 Å². The molecule has 21 heavy (non-hydrogen) atoms. The summed E-state index contributed by atoms with van der Waals surface area (Å²) < 4.78 is 26.0. The van der Waals surface area contributed by atoms with Gasteiger partial charge in [-0.2, -0.15) is 0 Å². The second-order valence-corrected chi connectivity index (χ2v) is 5.27. The van der Waals surface area contributed by atoms with Crippen LogP contribution >= 0.6 is 11.3 Å². The first-order valence-electron chi connectivity index (χ1n) is 6.15. The first-order chi connectivity index (χ1) is 10.1. The van der Waals surface area contributed by atoms with Crippen LogP contribution < -0.4 is 11.1 Å². The van der Waals surface area contributed by atoms with E-state index >= 15 is 0 Å². The molecule has 2 aromatic carbocycles. The molecule has 106 valence electrons. The molecule has 0 aliphatic rings. The van der Waals surface area contributed by atoms with Gasteiger partial charge in [-0.15, -0.1) is 11.3 Å². The largest absolute Gasteiger partial charge is 0.399 e. The van der Waals surface area contributed by atoms with E-state index in [9.17, 15) is 8.78 Å². The van der Waals surface area contributed by atoms with Gasteiger partial charge in [0.15, 0.2) is 16.8 Å². The number of halogens is 2. The molecular formula is C15H11F2N3S. The van der Waals surface area contributed by atoms with Crippen molar-refractivity contribution in [3.05, 3.63) is 59.5 Å². The Balaban J connectivity index is 1.81. The van der Waals surface area contributed by atoms with Crippen LogP contribution in [0.15, 0.2) is 47.8 Å². The van der Waals surface area contributed by atoms with E-state index in [-0.39, 0.29) is 0 Å². The van der Waals surface area contributed by atoms with Crippen molar-refractivity contribution in [3.63, 3.8) is 0 Å². The summed E-state index contributed by atoms with van der Waals surface area (Å²) in [5.41, 5.74) is 8.52. The molecule has 0 atom stereocenters. The zero-order chi connectivity index (χ0) is 14.8. The Kier molecular flexibility index (Phi) is 3.53. The number of thiazole rings is 1. The minimum absolute atomic E-state index is 0.451. The number of hydrogen-bond donors (Lipinski definition) is 2. The lowest BCUT2D eigenvalue weighted by atomic mass is 10.1. The Morgan fingerprint density at radius 3 is 2.48 bits per heavy atom. The Morgan fingerprint density at radius 2 is 1.76 bits per heavy atom. The Hall–Kier alpha value is -2.47. The molecule has 0 amide bonds. The molecule has 3 N–H and O–H groups in total. The van der Waals surface area contributed by atoms with Gasteiger partial charge in [0.05, 0.1) is 5.69 Å². The highest BCUT2D eigenvalue weighted by Crippen LogP contribution is 2.28. The SMILES string of the molecule is Nc1ccc(-c2csc(Nc3ccc(F)c(F)c3)n2)cc1. The van der Waals surface area contributed by atoms with Gasteiger partial charge in [-0.3, -0.25) is 0 Å². The molecule has 0 fully saturated rings. The molecule has 0 aliphatic heterocycles. The number of benzene rings is 2. The predicted octanol–water partition coefficient (Wildman–Crippen LogP) is 4.41. The Morgan fingerprint density at radius 1 is 1.00 bits per heavy atom. The number of nitrogens with two attached hydrogens (primary N) is 1. The molecule has 1 aromatic heterocycles. The normalized spacial score (nSPS) is 10.6. The van der Waals surface area contributed by atoms with Crippen molar-refractivity contribution >= 4 is 27.8 Å². The van der Waals surface area contributed by atoms with E-state index in [1.54, 1.807) is 12.1 Å². The minimum atomic E-state index is -0.893. The third-order valence-electron chi connectivity index (χ3n) is 2.88. The molecule has 6 heteroatoms. The molecule has 0 unspecified atom stereocenters. The number of aromatic nitrogens is 1. The van der Waals surface area contributed by atoms with Crippen molar-refractivity contribution in [2.45, 2.75) is 0 Å². The first kappa shape index (κ1) is 13.5. The molecule has 0 saturated heterocycles. The van der Waals surface area contributed by atoms with E-state index < -0.39 is 11.6 Å². The average molecular weight is 303 g/mol. The molecule has 3 rings (SSSR count). The van der Waals surface area contributed by atoms with Gasteiger partial charge in [-0.05, 0) is 24.3 Å². The molecule has 0 spiro atoms. The summed E-state index contributed by atoms with van der Waals surface area (Å²) in [4.78, 5) is 4.41. The van der Waals surface area contributed by atoms with E-state index in [2.05, 4.69) is 10.3 Å². The minimum Gasteiger partial charge on any atom is -0.399 e. The van der Waals surface area contributed by atoms with Crippen LogP contribution in [0.5, 0.6) is 0 Å². The summed E-state index contributed by atoms with van der Waals surface area (Å²) in [6.45, 7) is 0. The van der Waals surface area contributed by atoms with Gasteiger partial charge in [-0.1, -0.05) is 12.1 Å². The summed E-state index contributed by atoms with van der Waals surface area (Å²) in [6.07, 6.45) is 0. The fraction of sp³-hybridized carbons (Fsp3) is 0. The maximum atomic E-state index is 13.1. The fourth-order valence-electron chi connectivity index (χ4n) is 1.81. The lowest BCUT2D eigenvalue weighted by molar-refractivity contribution is 0.509. The molecule has 0 saturated carbocycles. The van der Waals surface area contributed by atoms with Gasteiger partial charge >= 0.3 is 0 Å². The van der Waals surface area contributed by atoms with Crippen LogP contribution in [-0.2, 0) is 0 Å². The van der Waals surface area contributed by atoms with E-state index in [0.717, 1.165) is 23.4 Å². The quantitative estimate of drug-likeness (QED) is 0.704. The standard InChI is InChI=1S/C15H11F2N3S/c16-12-6-5-11(7-13(12)17)19-15-20-14(8-21-15)9-1-3-10(18)4-2-9/h1-8H,18H2,(H,19,20). The lowest BCUT2D eigenvalue weighted by Crippen LogP contribution is -1.92. The second-order valence-electron chi connectivity index (χ2n) is 4.41. The maximum Gasteiger partial charge on any atom is 0.187 e. The van der Waals surface area contributed by atoms with Crippen LogP contribution in [0.25, 0.3) is 11.3 Å². The molecule has 1 heterocycles. The summed E-state index contributed by atoms with van der Waals surface area (Å²) in [7, 11) is 0. The highest BCUT2D eigenvalue weighted by Gasteiger charge is 2.07. The Bertz CT molecular complexity index is 769. The van der Waals surface area contributed by atoms with Gasteiger partial charge in [0.2, 0.25) is 0 Å². The van der Waals surface area contributed by atoms with Crippen LogP contribution in [-0.4, -0.2) is 4.98 Å². The van der Waals surface area contributed by atoms with Gasteiger partial charge in [0.1, 0.15) is 0 Å². The third-order valence-corrected chi connectivity index (χ3v) is 3.64. The number of nitrogens with zero attached hydrogens (tertiary/aromatic N) is 1. The molecule has 0 radical (unpaired) electrons. The number of anilines is 3. The van der Waals surface area contributed by atoms with Crippen molar-refractivity contribution in [1.29, 1.82) is 0 Å². The van der Waals surface area contributed by atoms with Gasteiger partial charge < -0.3 is 11.1 Å². The zero-order valence-corrected chi connectivity index (χ0v) is 11.6. The predicted molar refractivity (Wildman–Crippen MR) is 81.6 cm³/mol. The molecule has 0 bridgehead atoms. The topological polar surface area (TPSA) is 50.9 Å². The summed E-state index contributed by atoms with van der Waals surface area (Å²) in [6, 6.07) is 11.0. The average Bonchev–Trinajstić information content (AvgIpc) is 2.92. The van der Waals surface area contributed by atoms with Crippen LogP contribution in [0.2, 0.25) is 0 Å². The van der Waals surface area contributed by atoms with E-state index in [0.29, 0.717) is 16.5 Å². The van der Waals surface area contributed by atoms with Gasteiger partial charge in [-0.25, -0.2) is 13.8 Å². The van der Waals surface area contributed by atoms with E-state index in [1.807, 2.05) is 17.5 Å². The van der Waals surface area contributed by atoms with Crippen molar-refractivity contribution in [1.82, 2.24) is 4.98 Å². The highest BCUT2D eigenvalue weighted by atomic mass is 32.1. The molecular weight excluding hydrogens is 292 g/mol. The van der Waals surface area contributed by atoms with Crippen molar-refractivity contribution < 1.29 is 8.78 Å². The summed E-state index contributed by atoms with van der Waals surface area (Å²) in [5, 5.41) is 5.44. The van der Waals surface area contributed by atoms with Gasteiger partial charge in [0.25, 0.3) is 0 Å². The monoisotopic (exact) mass is 303 g/mol. The third kappa shape index (κ3) is 3.00. The van der Waals surface area contributed by atoms with Crippen LogP contribution in [0, 0.1) is 11.6 Å². The number of hydrogen-bond acceptors (Lipinski definition) is 4. The highest BCUT2D eigenvalue weighted by molar-refractivity contribution is 7.14. The van der Waals surface area contributed by atoms with E-state index in [1.165, 1.54) is 17.4 Å². The van der Waals surface area contributed by atoms with Crippen molar-refractivity contribution in [3.8, 4) is 11.3 Å². The smallest absolute Gasteiger partial charge is 0.187 e. The van der Waals surface area contributed by atoms with E-state index in [4.69, 9.17) is 5.73 Å². The summed E-state index contributed by atoms with van der Waals surface area (Å²) in [5.74, 6) is -1.77. The maximum absolute atomic E-state index is 13.1.